The average Bonchev–Trinajstić information content (AvgIpc) is 2.29. The highest BCUT2D eigenvalue weighted by Gasteiger charge is 2.20. The maximum atomic E-state index is 11.5. The third-order valence-electron chi connectivity index (χ3n) is 3.21. The standard InChI is InChI=1S/C14H23N3O/c1-9(14(2,3)4)17-12-7-6-10(8-11(12)15)13(18)16-5/h6-9,17H,15H2,1-5H3,(H,16,18). The Labute approximate surface area is 109 Å². The molecule has 0 saturated carbocycles. The fourth-order valence-electron chi connectivity index (χ4n) is 1.43. The second-order valence-electron chi connectivity index (χ2n) is 5.61. The number of carbonyl (C=O) groups excluding carboxylic acids is 1. The van der Waals surface area contributed by atoms with E-state index in [2.05, 4.69) is 38.3 Å². The van der Waals surface area contributed by atoms with E-state index in [1.807, 2.05) is 6.07 Å². The van der Waals surface area contributed by atoms with E-state index in [0.717, 1.165) is 5.69 Å². The SMILES string of the molecule is CNC(=O)c1ccc(NC(C)C(C)(C)C)c(N)c1. The highest BCUT2D eigenvalue weighted by molar-refractivity contribution is 5.95. The Balaban J connectivity index is 2.90. The molecule has 0 aromatic heterocycles. The molecule has 1 aromatic rings. The van der Waals surface area contributed by atoms with E-state index < -0.39 is 0 Å². The van der Waals surface area contributed by atoms with Crippen LogP contribution in [0.15, 0.2) is 18.2 Å². The van der Waals surface area contributed by atoms with Crippen molar-refractivity contribution in [1.82, 2.24) is 5.32 Å². The van der Waals surface area contributed by atoms with E-state index >= 15 is 0 Å². The topological polar surface area (TPSA) is 67.2 Å². The van der Waals surface area contributed by atoms with Gasteiger partial charge in [-0.2, -0.15) is 0 Å². The fraction of sp³-hybridized carbons (Fsp3) is 0.500. The highest BCUT2D eigenvalue weighted by atomic mass is 16.1. The lowest BCUT2D eigenvalue weighted by Crippen LogP contribution is -2.31. The van der Waals surface area contributed by atoms with Crippen LogP contribution < -0.4 is 16.4 Å². The maximum absolute atomic E-state index is 11.5. The molecule has 4 nitrogen and oxygen atoms in total. The van der Waals surface area contributed by atoms with Crippen molar-refractivity contribution in [2.45, 2.75) is 33.7 Å². The van der Waals surface area contributed by atoms with Gasteiger partial charge in [-0.25, -0.2) is 0 Å². The zero-order valence-corrected chi connectivity index (χ0v) is 11.8. The van der Waals surface area contributed by atoms with E-state index in [4.69, 9.17) is 5.73 Å². The van der Waals surface area contributed by atoms with Gasteiger partial charge >= 0.3 is 0 Å². The molecule has 0 spiro atoms. The number of amides is 1. The fourth-order valence-corrected chi connectivity index (χ4v) is 1.43. The summed E-state index contributed by atoms with van der Waals surface area (Å²) >= 11 is 0. The molecule has 1 unspecified atom stereocenters. The van der Waals surface area contributed by atoms with E-state index in [-0.39, 0.29) is 17.4 Å². The van der Waals surface area contributed by atoms with Crippen molar-refractivity contribution in [2.24, 2.45) is 5.41 Å². The van der Waals surface area contributed by atoms with Gasteiger partial charge in [-0.15, -0.1) is 0 Å². The second kappa shape index (κ2) is 5.29. The van der Waals surface area contributed by atoms with Gasteiger partial charge in [0, 0.05) is 18.7 Å². The predicted molar refractivity (Wildman–Crippen MR) is 76.8 cm³/mol. The predicted octanol–water partition coefficient (Wildman–Crippen LogP) is 2.47. The molecule has 0 bridgehead atoms. The molecule has 0 aliphatic rings. The quantitative estimate of drug-likeness (QED) is 0.721. The van der Waals surface area contributed by atoms with Crippen LogP contribution in [-0.2, 0) is 0 Å². The molecule has 4 heteroatoms. The van der Waals surface area contributed by atoms with E-state index in [1.54, 1.807) is 19.2 Å². The van der Waals surface area contributed by atoms with Crippen LogP contribution in [0.5, 0.6) is 0 Å². The van der Waals surface area contributed by atoms with E-state index in [0.29, 0.717) is 11.3 Å². The van der Waals surface area contributed by atoms with Crippen LogP contribution in [0, 0.1) is 5.41 Å². The Morgan fingerprint density at radius 1 is 1.33 bits per heavy atom. The van der Waals surface area contributed by atoms with Crippen LogP contribution >= 0.6 is 0 Å². The molecule has 0 fully saturated rings. The average molecular weight is 249 g/mol. The lowest BCUT2D eigenvalue weighted by molar-refractivity contribution is 0.0963. The molecular weight excluding hydrogens is 226 g/mol. The molecule has 4 N–H and O–H groups in total. The Morgan fingerprint density at radius 3 is 2.39 bits per heavy atom. The molecule has 0 radical (unpaired) electrons. The summed E-state index contributed by atoms with van der Waals surface area (Å²) in [6.45, 7) is 8.62. The Morgan fingerprint density at radius 2 is 1.94 bits per heavy atom. The number of hydrogen-bond donors (Lipinski definition) is 3. The summed E-state index contributed by atoms with van der Waals surface area (Å²) in [6.07, 6.45) is 0. The van der Waals surface area contributed by atoms with E-state index in [9.17, 15) is 4.79 Å². The summed E-state index contributed by atoms with van der Waals surface area (Å²) in [5.41, 5.74) is 8.14. The Hall–Kier alpha value is -1.71. The van der Waals surface area contributed by atoms with Crippen molar-refractivity contribution < 1.29 is 4.79 Å². The second-order valence-corrected chi connectivity index (χ2v) is 5.61. The first-order chi connectivity index (χ1) is 8.25. The normalized spacial score (nSPS) is 12.9. The molecule has 1 aromatic carbocycles. The monoisotopic (exact) mass is 249 g/mol. The summed E-state index contributed by atoms with van der Waals surface area (Å²) in [5, 5.41) is 5.96. The first-order valence-corrected chi connectivity index (χ1v) is 6.14. The molecule has 0 heterocycles. The minimum atomic E-state index is -0.128. The first kappa shape index (κ1) is 14.4. The smallest absolute Gasteiger partial charge is 0.251 e. The number of carbonyl (C=O) groups is 1. The van der Waals surface area contributed by atoms with Gasteiger partial charge in [0.2, 0.25) is 0 Å². The molecule has 0 aliphatic heterocycles. The summed E-state index contributed by atoms with van der Waals surface area (Å²) in [4.78, 5) is 11.5. The van der Waals surface area contributed by atoms with Crippen molar-refractivity contribution in [3.63, 3.8) is 0 Å². The molecule has 0 aliphatic carbocycles. The third kappa shape index (κ3) is 3.39. The van der Waals surface area contributed by atoms with Crippen LogP contribution in [0.25, 0.3) is 0 Å². The maximum Gasteiger partial charge on any atom is 0.251 e. The Kier molecular flexibility index (Phi) is 4.22. The number of nitrogens with two attached hydrogens (primary N) is 1. The van der Waals surface area contributed by atoms with Crippen molar-refractivity contribution in [3.8, 4) is 0 Å². The van der Waals surface area contributed by atoms with Gasteiger partial charge in [-0.3, -0.25) is 4.79 Å². The van der Waals surface area contributed by atoms with Crippen LogP contribution in [0.3, 0.4) is 0 Å². The summed E-state index contributed by atoms with van der Waals surface area (Å²) in [6, 6.07) is 5.59. The lowest BCUT2D eigenvalue weighted by Gasteiger charge is -2.29. The van der Waals surface area contributed by atoms with Crippen molar-refractivity contribution in [1.29, 1.82) is 0 Å². The first-order valence-electron chi connectivity index (χ1n) is 6.14. The van der Waals surface area contributed by atoms with E-state index in [1.165, 1.54) is 0 Å². The number of nitrogen functional groups attached to an aromatic ring is 1. The van der Waals surface area contributed by atoms with Crippen molar-refractivity contribution in [3.05, 3.63) is 23.8 Å². The van der Waals surface area contributed by atoms with Gasteiger partial charge < -0.3 is 16.4 Å². The number of hydrogen-bond acceptors (Lipinski definition) is 3. The molecule has 1 amide bonds. The minimum Gasteiger partial charge on any atom is -0.397 e. The zero-order valence-electron chi connectivity index (χ0n) is 11.8. The van der Waals surface area contributed by atoms with Gasteiger partial charge in [0.25, 0.3) is 5.91 Å². The number of rotatable bonds is 3. The number of benzene rings is 1. The molecular formula is C14H23N3O. The van der Waals surface area contributed by atoms with Gasteiger partial charge in [0.1, 0.15) is 0 Å². The Bertz CT molecular complexity index is 435. The number of nitrogens with one attached hydrogen (secondary N) is 2. The number of anilines is 2. The summed E-state index contributed by atoms with van der Waals surface area (Å²) in [7, 11) is 1.60. The highest BCUT2D eigenvalue weighted by Crippen LogP contribution is 2.26. The van der Waals surface area contributed by atoms with Crippen molar-refractivity contribution >= 4 is 17.3 Å². The van der Waals surface area contributed by atoms with Gasteiger partial charge in [-0.1, -0.05) is 20.8 Å². The molecule has 1 atom stereocenters. The molecule has 100 valence electrons. The third-order valence-corrected chi connectivity index (χ3v) is 3.21. The van der Waals surface area contributed by atoms with Gasteiger partial charge in [0.05, 0.1) is 11.4 Å². The van der Waals surface area contributed by atoms with Crippen LogP contribution in [0.4, 0.5) is 11.4 Å². The summed E-state index contributed by atoms with van der Waals surface area (Å²) in [5.74, 6) is -0.128. The van der Waals surface area contributed by atoms with Gasteiger partial charge in [0.15, 0.2) is 0 Å². The molecule has 0 saturated heterocycles. The minimum absolute atomic E-state index is 0.128. The molecule has 18 heavy (non-hydrogen) atoms. The van der Waals surface area contributed by atoms with Crippen LogP contribution in [0.2, 0.25) is 0 Å². The largest absolute Gasteiger partial charge is 0.397 e. The van der Waals surface area contributed by atoms with Gasteiger partial charge in [-0.05, 0) is 30.5 Å². The van der Waals surface area contributed by atoms with Crippen LogP contribution in [0.1, 0.15) is 38.1 Å². The molecule has 1 rings (SSSR count). The van der Waals surface area contributed by atoms with Crippen molar-refractivity contribution in [2.75, 3.05) is 18.1 Å². The van der Waals surface area contributed by atoms with Crippen LogP contribution in [-0.4, -0.2) is 19.0 Å². The zero-order chi connectivity index (χ0) is 13.9. The summed E-state index contributed by atoms with van der Waals surface area (Å²) < 4.78 is 0. The lowest BCUT2D eigenvalue weighted by atomic mass is 9.88.